The first-order valence-corrected chi connectivity index (χ1v) is 7.18. The number of ether oxygens (including phenoxy) is 2. The van der Waals surface area contributed by atoms with Gasteiger partial charge in [-0.3, -0.25) is 4.99 Å². The Morgan fingerprint density at radius 2 is 2.08 bits per heavy atom. The molecule has 2 N–H and O–H groups in total. The zero-order chi connectivity index (χ0) is 17.1. The topological polar surface area (TPSA) is 54.9 Å². The van der Waals surface area contributed by atoms with Crippen LogP contribution in [0.2, 0.25) is 0 Å². The first kappa shape index (κ1) is 22.2. The molecule has 8 heteroatoms. The lowest BCUT2D eigenvalue weighted by atomic mass is 10.1. The normalized spacial score (nSPS) is 10.6. The van der Waals surface area contributed by atoms with Gasteiger partial charge in [-0.1, -0.05) is 12.0 Å². The molecule has 0 aromatic heterocycles. The second-order valence-electron chi connectivity index (χ2n) is 4.43. The second kappa shape index (κ2) is 12.6. The van der Waals surface area contributed by atoms with Crippen LogP contribution in [0, 0.1) is 12.3 Å². The highest BCUT2D eigenvalue weighted by atomic mass is 127. The van der Waals surface area contributed by atoms with Crippen LogP contribution in [-0.2, 0) is 6.42 Å². The van der Waals surface area contributed by atoms with Gasteiger partial charge in [-0.25, -0.2) is 0 Å². The minimum Gasteiger partial charge on any atom is -0.493 e. The maximum absolute atomic E-state index is 12.4. The number of halogens is 3. The quantitative estimate of drug-likeness (QED) is 0.275. The van der Waals surface area contributed by atoms with Crippen LogP contribution in [0.5, 0.6) is 11.5 Å². The molecule has 5 nitrogen and oxygen atoms in total. The number of nitrogens with zero attached hydrogens (tertiary/aromatic N) is 1. The summed E-state index contributed by atoms with van der Waals surface area (Å²) in [5.74, 6) is 3.36. The Morgan fingerprint density at radius 1 is 1.33 bits per heavy atom. The van der Waals surface area contributed by atoms with Crippen molar-refractivity contribution in [1.82, 2.24) is 10.6 Å². The fraction of sp³-hybridized carbons (Fsp3) is 0.438. The Bertz CT molecular complexity index is 563. The standard InChI is InChI=1S/C16H21F2N3O2.HI/c1-4-9-20-16(19-5-2)21-10-8-12-6-7-13(22-3)14(11-12)23-15(17)18;/h1,6-7,11,15H,5,8-10H2,2-3H3,(H2,19,20,21);1H. The monoisotopic (exact) mass is 453 g/mol. The van der Waals surface area contributed by atoms with Gasteiger partial charge in [-0.2, -0.15) is 8.78 Å². The van der Waals surface area contributed by atoms with Gasteiger partial charge in [-0.05, 0) is 31.0 Å². The maximum Gasteiger partial charge on any atom is 0.387 e. The van der Waals surface area contributed by atoms with E-state index >= 15 is 0 Å². The molecule has 0 fully saturated rings. The summed E-state index contributed by atoms with van der Waals surface area (Å²) in [5.41, 5.74) is 0.818. The number of alkyl halides is 2. The van der Waals surface area contributed by atoms with Gasteiger partial charge in [0, 0.05) is 13.1 Å². The van der Waals surface area contributed by atoms with Gasteiger partial charge in [0.05, 0.1) is 13.7 Å². The maximum atomic E-state index is 12.4. The van der Waals surface area contributed by atoms with Gasteiger partial charge in [0.15, 0.2) is 17.5 Å². The van der Waals surface area contributed by atoms with Gasteiger partial charge < -0.3 is 20.1 Å². The highest BCUT2D eigenvalue weighted by molar-refractivity contribution is 14.0. The van der Waals surface area contributed by atoms with E-state index in [1.807, 2.05) is 6.92 Å². The zero-order valence-electron chi connectivity index (χ0n) is 13.6. The van der Waals surface area contributed by atoms with Crippen molar-refractivity contribution in [3.8, 4) is 23.8 Å². The first-order chi connectivity index (χ1) is 11.1. The summed E-state index contributed by atoms with van der Waals surface area (Å²) in [6.45, 7) is 0.613. The van der Waals surface area contributed by atoms with E-state index in [-0.39, 0.29) is 35.5 Å². The lowest BCUT2D eigenvalue weighted by Gasteiger charge is -2.11. The van der Waals surface area contributed by atoms with Gasteiger partial charge in [0.25, 0.3) is 0 Å². The molecule has 134 valence electrons. The van der Waals surface area contributed by atoms with Gasteiger partial charge in [0.2, 0.25) is 0 Å². The number of rotatable bonds is 8. The van der Waals surface area contributed by atoms with Crippen LogP contribution in [-0.4, -0.2) is 39.3 Å². The molecule has 0 bridgehead atoms. The second-order valence-corrected chi connectivity index (χ2v) is 4.43. The number of methoxy groups -OCH3 is 1. The van der Waals surface area contributed by atoms with Crippen LogP contribution in [0.3, 0.4) is 0 Å². The van der Waals surface area contributed by atoms with Crippen LogP contribution in [0.15, 0.2) is 23.2 Å². The summed E-state index contributed by atoms with van der Waals surface area (Å²) < 4.78 is 34.2. The predicted octanol–water partition coefficient (Wildman–Crippen LogP) is 2.65. The molecule has 0 saturated carbocycles. The summed E-state index contributed by atoms with van der Waals surface area (Å²) >= 11 is 0. The fourth-order valence-corrected chi connectivity index (χ4v) is 1.84. The number of guanidine groups is 1. The molecule has 0 aliphatic rings. The summed E-state index contributed by atoms with van der Waals surface area (Å²) in [4.78, 5) is 4.36. The number of hydrogen-bond donors (Lipinski definition) is 2. The van der Waals surface area contributed by atoms with Crippen molar-refractivity contribution in [2.24, 2.45) is 4.99 Å². The van der Waals surface area contributed by atoms with Gasteiger partial charge in [0.1, 0.15) is 0 Å². The molecule has 1 aromatic carbocycles. The third-order valence-corrected chi connectivity index (χ3v) is 2.82. The molecule has 0 aliphatic heterocycles. The Balaban J connectivity index is 0.00000529. The van der Waals surface area contributed by atoms with E-state index in [0.717, 1.165) is 5.56 Å². The highest BCUT2D eigenvalue weighted by Gasteiger charge is 2.11. The van der Waals surface area contributed by atoms with E-state index in [9.17, 15) is 8.78 Å². The average Bonchev–Trinajstić information content (AvgIpc) is 2.52. The minimum atomic E-state index is -2.90. The Hall–Kier alpha value is -1.76. The molecule has 0 heterocycles. The van der Waals surface area contributed by atoms with Crippen LogP contribution in [0.1, 0.15) is 12.5 Å². The molecule has 0 unspecified atom stereocenters. The molecule has 0 radical (unpaired) electrons. The van der Waals surface area contributed by atoms with Crippen molar-refractivity contribution in [1.29, 1.82) is 0 Å². The lowest BCUT2D eigenvalue weighted by Crippen LogP contribution is -2.37. The van der Waals surface area contributed by atoms with Crippen LogP contribution >= 0.6 is 24.0 Å². The molecule has 1 rings (SSSR count). The Labute approximate surface area is 158 Å². The summed E-state index contributed by atoms with van der Waals surface area (Å²) in [7, 11) is 1.40. The van der Waals surface area contributed by atoms with Gasteiger partial charge >= 0.3 is 6.61 Å². The number of nitrogens with one attached hydrogen (secondary N) is 2. The van der Waals surface area contributed by atoms with Crippen molar-refractivity contribution in [3.63, 3.8) is 0 Å². The molecule has 24 heavy (non-hydrogen) atoms. The summed E-state index contributed by atoms with van der Waals surface area (Å²) in [5, 5.41) is 6.03. The number of terminal acetylenes is 1. The van der Waals surface area contributed by atoms with E-state index in [0.29, 0.717) is 32.0 Å². The van der Waals surface area contributed by atoms with E-state index in [1.165, 1.54) is 13.2 Å². The molecule has 0 atom stereocenters. The van der Waals surface area contributed by atoms with Crippen molar-refractivity contribution in [3.05, 3.63) is 23.8 Å². The van der Waals surface area contributed by atoms with E-state index in [1.54, 1.807) is 12.1 Å². The van der Waals surface area contributed by atoms with Crippen molar-refractivity contribution >= 4 is 29.9 Å². The summed E-state index contributed by atoms with van der Waals surface area (Å²) in [6, 6.07) is 4.91. The third-order valence-electron chi connectivity index (χ3n) is 2.82. The third kappa shape index (κ3) is 8.19. The van der Waals surface area contributed by atoms with Crippen molar-refractivity contribution < 1.29 is 18.3 Å². The fourth-order valence-electron chi connectivity index (χ4n) is 1.84. The Morgan fingerprint density at radius 3 is 2.67 bits per heavy atom. The van der Waals surface area contributed by atoms with E-state index < -0.39 is 6.61 Å². The van der Waals surface area contributed by atoms with Crippen molar-refractivity contribution in [2.75, 3.05) is 26.7 Å². The smallest absolute Gasteiger partial charge is 0.387 e. The first-order valence-electron chi connectivity index (χ1n) is 7.18. The van der Waals surface area contributed by atoms with Crippen LogP contribution in [0.4, 0.5) is 8.78 Å². The molecule has 0 amide bonds. The largest absolute Gasteiger partial charge is 0.493 e. The number of aliphatic imine (C=N–C) groups is 1. The Kier molecular flexibility index (Phi) is 11.7. The predicted molar refractivity (Wildman–Crippen MR) is 102 cm³/mol. The van der Waals surface area contributed by atoms with Crippen LogP contribution in [0.25, 0.3) is 0 Å². The van der Waals surface area contributed by atoms with Crippen molar-refractivity contribution in [2.45, 2.75) is 20.0 Å². The summed E-state index contributed by atoms with van der Waals surface area (Å²) in [6.07, 6.45) is 5.76. The molecule has 0 aliphatic carbocycles. The molecular weight excluding hydrogens is 431 g/mol. The molecule has 0 saturated heterocycles. The highest BCUT2D eigenvalue weighted by Crippen LogP contribution is 2.29. The van der Waals surface area contributed by atoms with E-state index in [4.69, 9.17) is 11.2 Å². The molecule has 0 spiro atoms. The SMILES string of the molecule is C#CCNC(=NCCc1ccc(OC)c(OC(F)F)c1)NCC.I. The van der Waals surface area contributed by atoms with Gasteiger partial charge in [-0.15, -0.1) is 30.4 Å². The zero-order valence-corrected chi connectivity index (χ0v) is 16.0. The van der Waals surface area contributed by atoms with Crippen LogP contribution < -0.4 is 20.1 Å². The molecule has 1 aromatic rings. The van der Waals surface area contributed by atoms with E-state index in [2.05, 4.69) is 26.3 Å². The lowest BCUT2D eigenvalue weighted by molar-refractivity contribution is -0.0512. The average molecular weight is 453 g/mol. The molecular formula is C16H22F2IN3O2. The number of benzene rings is 1. The number of hydrogen-bond acceptors (Lipinski definition) is 3. The minimum absolute atomic E-state index is 0.